The Kier molecular flexibility index (Phi) is 6.14. The van der Waals surface area contributed by atoms with Gasteiger partial charge >= 0.3 is 0 Å². The van der Waals surface area contributed by atoms with E-state index < -0.39 is 0 Å². The van der Waals surface area contributed by atoms with E-state index in [9.17, 15) is 4.79 Å². The largest absolute Gasteiger partial charge is 0.360 e. The van der Waals surface area contributed by atoms with Gasteiger partial charge in [0, 0.05) is 16.3 Å². The van der Waals surface area contributed by atoms with Crippen LogP contribution in [-0.4, -0.2) is 26.7 Å². The van der Waals surface area contributed by atoms with Gasteiger partial charge in [0.15, 0.2) is 4.34 Å². The summed E-state index contributed by atoms with van der Waals surface area (Å²) in [6, 6.07) is 4.22. The van der Waals surface area contributed by atoms with E-state index in [1.165, 1.54) is 26.7 Å². The van der Waals surface area contributed by atoms with Crippen LogP contribution < -0.4 is 10.9 Å². The molecule has 2 atom stereocenters. The molecular formula is C21H23N5OS4. The van der Waals surface area contributed by atoms with Crippen LogP contribution in [0.2, 0.25) is 0 Å². The van der Waals surface area contributed by atoms with Crippen LogP contribution in [0.25, 0.3) is 10.2 Å². The number of rotatable bonds is 7. The van der Waals surface area contributed by atoms with Crippen molar-refractivity contribution in [3.8, 4) is 0 Å². The van der Waals surface area contributed by atoms with Crippen LogP contribution in [0.4, 0.5) is 5.13 Å². The molecule has 6 nitrogen and oxygen atoms in total. The highest BCUT2D eigenvalue weighted by molar-refractivity contribution is 8.01. The van der Waals surface area contributed by atoms with Crippen molar-refractivity contribution in [3.05, 3.63) is 49.0 Å². The van der Waals surface area contributed by atoms with Gasteiger partial charge in [-0.25, -0.2) is 4.98 Å². The first kappa shape index (κ1) is 21.1. The van der Waals surface area contributed by atoms with E-state index in [1.807, 2.05) is 0 Å². The minimum absolute atomic E-state index is 0.00676. The van der Waals surface area contributed by atoms with Crippen LogP contribution in [0, 0.1) is 5.92 Å². The molecule has 0 saturated heterocycles. The van der Waals surface area contributed by atoms with Gasteiger partial charge in [-0.1, -0.05) is 36.1 Å². The standard InChI is InChI=1S/C21H23N5OS4/c1-11-5-6-14-15(10-11)30-19-16(14)18(27)23-17(24-19)12(2)29-21-26-25-20(31-21)22-8-7-13-4-3-9-28-13/h3-4,9,11-12H,5-8,10H2,1-2H3,(H,22,25)(H,23,24,27)/t11-,12-/m1/s1. The number of hydrogen-bond acceptors (Lipinski definition) is 9. The Bertz CT molecular complexity index is 1240. The summed E-state index contributed by atoms with van der Waals surface area (Å²) in [7, 11) is 0. The SMILES string of the molecule is C[C@@H]1CCc2c(sc3nc([C@@H](C)Sc4nnc(NCCc5cccs5)s4)[nH]c(=O)c23)C1. The van der Waals surface area contributed by atoms with Crippen molar-refractivity contribution in [1.29, 1.82) is 0 Å². The summed E-state index contributed by atoms with van der Waals surface area (Å²) in [5.74, 6) is 1.38. The van der Waals surface area contributed by atoms with Gasteiger partial charge < -0.3 is 10.3 Å². The quantitative estimate of drug-likeness (QED) is 0.332. The average molecular weight is 490 g/mol. The lowest BCUT2D eigenvalue weighted by atomic mass is 9.89. The number of thiophene rings is 2. The number of hydrogen-bond donors (Lipinski definition) is 2. The molecule has 5 rings (SSSR count). The number of aromatic nitrogens is 4. The number of H-pyrrole nitrogens is 1. The maximum Gasteiger partial charge on any atom is 0.259 e. The maximum atomic E-state index is 12.9. The molecule has 162 valence electrons. The molecule has 31 heavy (non-hydrogen) atoms. The van der Waals surface area contributed by atoms with Gasteiger partial charge in [-0.2, -0.15) is 0 Å². The van der Waals surface area contributed by atoms with Crippen LogP contribution in [0.3, 0.4) is 0 Å². The van der Waals surface area contributed by atoms with Crippen molar-refractivity contribution < 1.29 is 0 Å². The van der Waals surface area contributed by atoms with Gasteiger partial charge in [-0.05, 0) is 55.5 Å². The van der Waals surface area contributed by atoms with Crippen molar-refractivity contribution in [2.75, 3.05) is 11.9 Å². The van der Waals surface area contributed by atoms with Gasteiger partial charge in [0.2, 0.25) is 5.13 Å². The second-order valence-electron chi connectivity index (χ2n) is 7.87. The Morgan fingerprint density at radius 1 is 1.35 bits per heavy atom. The van der Waals surface area contributed by atoms with Crippen LogP contribution in [0.5, 0.6) is 0 Å². The number of anilines is 1. The van der Waals surface area contributed by atoms with Crippen molar-refractivity contribution in [3.63, 3.8) is 0 Å². The van der Waals surface area contributed by atoms with Gasteiger partial charge in [0.25, 0.3) is 5.56 Å². The Hall–Kier alpha value is -1.75. The van der Waals surface area contributed by atoms with Gasteiger partial charge in [0.05, 0.1) is 10.6 Å². The minimum atomic E-state index is -0.0120. The van der Waals surface area contributed by atoms with Crippen molar-refractivity contribution >= 4 is 61.1 Å². The monoisotopic (exact) mass is 489 g/mol. The number of thioether (sulfide) groups is 1. The van der Waals surface area contributed by atoms with Crippen LogP contribution in [-0.2, 0) is 19.3 Å². The first-order valence-corrected chi connectivity index (χ1v) is 13.8. The molecule has 0 spiro atoms. The Balaban J connectivity index is 1.27. The summed E-state index contributed by atoms with van der Waals surface area (Å²) >= 11 is 6.58. The molecule has 0 bridgehead atoms. The first-order chi connectivity index (χ1) is 15.1. The molecule has 4 aromatic rings. The van der Waals surface area contributed by atoms with Crippen LogP contribution >= 0.6 is 45.8 Å². The first-order valence-electron chi connectivity index (χ1n) is 10.4. The molecule has 0 fully saturated rings. The molecule has 1 aliphatic rings. The van der Waals surface area contributed by atoms with E-state index in [2.05, 4.69) is 51.9 Å². The smallest absolute Gasteiger partial charge is 0.259 e. The summed E-state index contributed by atoms with van der Waals surface area (Å²) in [6.07, 6.45) is 4.17. The molecule has 0 aromatic carbocycles. The fraction of sp³-hybridized carbons (Fsp3) is 0.429. The number of nitrogens with zero attached hydrogens (tertiary/aromatic N) is 3. The second kappa shape index (κ2) is 9.01. The summed E-state index contributed by atoms with van der Waals surface area (Å²) < 4.78 is 0.869. The number of fused-ring (bicyclic) bond motifs is 3. The molecule has 2 N–H and O–H groups in total. The summed E-state index contributed by atoms with van der Waals surface area (Å²) in [5, 5.41) is 15.6. The predicted octanol–water partition coefficient (Wildman–Crippen LogP) is 5.53. The van der Waals surface area contributed by atoms with Crippen molar-refractivity contribution in [1.82, 2.24) is 20.2 Å². The van der Waals surface area contributed by atoms with Crippen LogP contribution in [0.1, 0.15) is 46.7 Å². The Labute approximate surface area is 196 Å². The Morgan fingerprint density at radius 3 is 3.10 bits per heavy atom. The third-order valence-electron chi connectivity index (χ3n) is 5.48. The highest BCUT2D eigenvalue weighted by atomic mass is 32.2. The molecule has 0 amide bonds. The van der Waals surface area contributed by atoms with Crippen molar-refractivity contribution in [2.24, 2.45) is 5.92 Å². The highest BCUT2D eigenvalue weighted by Crippen LogP contribution is 2.39. The summed E-state index contributed by atoms with van der Waals surface area (Å²) in [4.78, 5) is 24.3. The van der Waals surface area contributed by atoms with Crippen LogP contribution in [0.15, 0.2) is 26.6 Å². The lowest BCUT2D eigenvalue weighted by Crippen LogP contribution is -2.15. The molecular weight excluding hydrogens is 467 g/mol. The highest BCUT2D eigenvalue weighted by Gasteiger charge is 2.24. The van der Waals surface area contributed by atoms with Gasteiger partial charge in [-0.15, -0.1) is 32.9 Å². The third-order valence-corrected chi connectivity index (χ3v) is 9.64. The lowest BCUT2D eigenvalue weighted by Gasteiger charge is -2.17. The van der Waals surface area contributed by atoms with Gasteiger partial charge in [-0.3, -0.25) is 4.79 Å². The number of nitrogens with one attached hydrogen (secondary N) is 2. The lowest BCUT2D eigenvalue weighted by molar-refractivity contribution is 0.509. The Morgan fingerprint density at radius 2 is 2.26 bits per heavy atom. The van der Waals surface area contributed by atoms with E-state index in [0.29, 0.717) is 11.7 Å². The second-order valence-corrected chi connectivity index (χ2v) is 12.6. The number of aryl methyl sites for hydroxylation is 1. The van der Waals surface area contributed by atoms with Crippen molar-refractivity contribution in [2.45, 2.75) is 49.1 Å². The summed E-state index contributed by atoms with van der Waals surface area (Å²) in [6.45, 7) is 5.17. The maximum absolute atomic E-state index is 12.9. The molecule has 0 unspecified atom stereocenters. The van der Waals surface area contributed by atoms with E-state index >= 15 is 0 Å². The number of aromatic amines is 1. The predicted molar refractivity (Wildman–Crippen MR) is 132 cm³/mol. The molecule has 10 heteroatoms. The van der Waals surface area contributed by atoms with E-state index in [4.69, 9.17) is 4.98 Å². The van der Waals surface area contributed by atoms with E-state index in [0.717, 1.165) is 51.9 Å². The zero-order valence-electron chi connectivity index (χ0n) is 17.3. The molecule has 0 aliphatic heterocycles. The van der Waals surface area contributed by atoms with E-state index in [-0.39, 0.29) is 10.8 Å². The average Bonchev–Trinajstić information content (AvgIpc) is 3.47. The fourth-order valence-corrected chi connectivity index (χ4v) is 7.92. The topological polar surface area (TPSA) is 83.6 Å². The third kappa shape index (κ3) is 4.57. The normalized spacial score (nSPS) is 17.0. The molecule has 4 heterocycles. The molecule has 4 aromatic heterocycles. The molecule has 0 radical (unpaired) electrons. The fourth-order valence-electron chi connectivity index (χ4n) is 3.84. The minimum Gasteiger partial charge on any atom is -0.360 e. The summed E-state index contributed by atoms with van der Waals surface area (Å²) in [5.41, 5.74) is 1.22. The zero-order valence-corrected chi connectivity index (χ0v) is 20.6. The molecule has 0 saturated carbocycles. The molecule has 1 aliphatic carbocycles. The zero-order chi connectivity index (χ0) is 21.4. The van der Waals surface area contributed by atoms with Gasteiger partial charge in [0.1, 0.15) is 10.7 Å². The van der Waals surface area contributed by atoms with E-state index in [1.54, 1.807) is 34.4 Å².